The average molecular weight is 769 g/mol. The number of nitrogens with one attached hydrogen (secondary N) is 2. The summed E-state index contributed by atoms with van der Waals surface area (Å²) < 4.78 is 23.0. The average Bonchev–Trinajstić information content (AvgIpc) is 3.16. The molecule has 4 aromatic rings. The van der Waals surface area contributed by atoms with Gasteiger partial charge in [0, 0.05) is 37.3 Å². The largest absolute Gasteiger partial charge is 0.481 e. The number of aliphatic carboxylic acids is 2. The summed E-state index contributed by atoms with van der Waals surface area (Å²) in [5, 5.41) is 63.1. The number of benzene rings is 2. The lowest BCUT2D eigenvalue weighted by Crippen LogP contribution is -2.28. The molecule has 16 heteroatoms. The second-order valence-corrected chi connectivity index (χ2v) is 12.8. The predicted octanol–water partition coefficient (Wildman–Crippen LogP) is 3.53. The van der Waals surface area contributed by atoms with Crippen LogP contribution in [0.1, 0.15) is 57.3 Å². The molecule has 0 spiro atoms. The number of aromatic nitrogens is 2. The smallest absolute Gasteiger partial charge is 0.306 e. The van der Waals surface area contributed by atoms with E-state index in [1.807, 2.05) is 50.2 Å². The van der Waals surface area contributed by atoms with Gasteiger partial charge in [-0.15, -0.1) is 0 Å². The lowest BCUT2D eigenvalue weighted by Gasteiger charge is -2.18. The zero-order chi connectivity index (χ0) is 40.8. The molecule has 0 radical (unpaired) electrons. The highest BCUT2D eigenvalue weighted by Crippen LogP contribution is 2.33. The van der Waals surface area contributed by atoms with E-state index in [-0.39, 0.29) is 74.0 Å². The molecular formula is C40H44N6O10. The molecule has 2 heterocycles. The summed E-state index contributed by atoms with van der Waals surface area (Å²) in [6.45, 7) is 4.54. The predicted molar refractivity (Wildman–Crippen MR) is 201 cm³/mol. The maximum Gasteiger partial charge on any atom is 0.306 e. The van der Waals surface area contributed by atoms with Gasteiger partial charge in [0.05, 0.1) is 39.3 Å². The van der Waals surface area contributed by atoms with Gasteiger partial charge in [-0.1, -0.05) is 36.4 Å². The van der Waals surface area contributed by atoms with Gasteiger partial charge in [0.2, 0.25) is 23.5 Å². The van der Waals surface area contributed by atoms with E-state index >= 15 is 0 Å². The molecule has 0 aliphatic rings. The quantitative estimate of drug-likeness (QED) is 0.0709. The third-order valence-electron chi connectivity index (χ3n) is 8.80. The van der Waals surface area contributed by atoms with Gasteiger partial charge in [0.1, 0.15) is 36.5 Å². The third kappa shape index (κ3) is 11.4. The molecule has 16 nitrogen and oxygen atoms in total. The molecule has 0 saturated carbocycles. The Balaban J connectivity index is 1.48. The molecule has 2 unspecified atom stereocenters. The number of carbonyl (C=O) groups is 2. The highest BCUT2D eigenvalue weighted by Gasteiger charge is 2.19. The van der Waals surface area contributed by atoms with E-state index in [1.54, 1.807) is 12.1 Å². The fourth-order valence-corrected chi connectivity index (χ4v) is 5.88. The Morgan fingerprint density at radius 2 is 1.07 bits per heavy atom. The number of methoxy groups -OCH3 is 2. The minimum atomic E-state index is -1.11. The summed E-state index contributed by atoms with van der Waals surface area (Å²) >= 11 is 0. The van der Waals surface area contributed by atoms with Crippen molar-refractivity contribution < 1.29 is 49.0 Å². The molecule has 2 aromatic heterocycles. The van der Waals surface area contributed by atoms with Crippen LogP contribution in [0.2, 0.25) is 0 Å². The topological polar surface area (TPSA) is 249 Å². The van der Waals surface area contributed by atoms with Gasteiger partial charge in [-0.25, -0.2) is 0 Å². The van der Waals surface area contributed by atoms with Gasteiger partial charge in [0.25, 0.3) is 0 Å². The lowest BCUT2D eigenvalue weighted by molar-refractivity contribution is -0.140. The number of hydrogen-bond acceptors (Lipinski definition) is 14. The summed E-state index contributed by atoms with van der Waals surface area (Å²) in [4.78, 5) is 30.5. The number of nitriles is 2. The maximum atomic E-state index is 10.8. The number of hydrogen-bond donors (Lipinski definition) is 6. The minimum Gasteiger partial charge on any atom is -0.481 e. The Hall–Kier alpha value is -6.30. The molecule has 0 amide bonds. The van der Waals surface area contributed by atoms with Crippen LogP contribution in [0.15, 0.2) is 48.5 Å². The van der Waals surface area contributed by atoms with Crippen molar-refractivity contribution in [2.24, 2.45) is 0 Å². The molecular weight excluding hydrogens is 724 g/mol. The highest BCUT2D eigenvalue weighted by molar-refractivity contribution is 5.72. The number of carboxylic acids is 2. The number of aliphatic hydroxyl groups is 2. The van der Waals surface area contributed by atoms with Gasteiger partial charge in [-0.05, 0) is 59.4 Å². The number of nitrogens with zero attached hydrogens (tertiary/aromatic N) is 4. The van der Waals surface area contributed by atoms with E-state index in [4.69, 9.17) is 29.2 Å². The van der Waals surface area contributed by atoms with E-state index in [9.17, 15) is 30.3 Å². The van der Waals surface area contributed by atoms with Gasteiger partial charge >= 0.3 is 11.9 Å². The summed E-state index contributed by atoms with van der Waals surface area (Å²) in [6, 6.07) is 19.0. The van der Waals surface area contributed by atoms with Crippen LogP contribution in [0.25, 0.3) is 11.1 Å². The first-order valence-corrected chi connectivity index (χ1v) is 17.5. The molecule has 2 atom stereocenters. The Morgan fingerprint density at radius 1 is 0.679 bits per heavy atom. The van der Waals surface area contributed by atoms with Gasteiger partial charge < -0.3 is 50.0 Å². The van der Waals surface area contributed by atoms with Crippen molar-refractivity contribution in [1.29, 1.82) is 10.5 Å². The zero-order valence-electron chi connectivity index (χ0n) is 31.5. The molecule has 0 saturated heterocycles. The van der Waals surface area contributed by atoms with Crippen molar-refractivity contribution in [3.8, 4) is 46.8 Å². The summed E-state index contributed by atoms with van der Waals surface area (Å²) in [7, 11) is 2.87. The number of ether oxygens (including phenoxy) is 4. The van der Waals surface area contributed by atoms with Crippen LogP contribution in [0.5, 0.6) is 23.5 Å². The van der Waals surface area contributed by atoms with E-state index < -0.39 is 37.0 Å². The summed E-state index contributed by atoms with van der Waals surface area (Å²) in [5.74, 6) is -1.62. The number of rotatable bonds is 21. The van der Waals surface area contributed by atoms with Crippen molar-refractivity contribution >= 4 is 11.9 Å². The first-order valence-electron chi connectivity index (χ1n) is 17.5. The second kappa shape index (κ2) is 20.4. The SMILES string of the molecule is COc1nc(OCc2cccc(-c3cccc(COc4nc(OC)c(CNCC(O)CC(=O)O)cc4C#N)c3C)c2C)c(C#N)cc1CNCC(O)CC(=O)O. The molecule has 0 aliphatic carbocycles. The van der Waals surface area contributed by atoms with Gasteiger partial charge in [-0.2, -0.15) is 20.5 Å². The fraction of sp³-hybridized carbons (Fsp3) is 0.350. The number of pyridine rings is 2. The summed E-state index contributed by atoms with van der Waals surface area (Å²) in [6.07, 6.45) is -2.96. The van der Waals surface area contributed by atoms with E-state index in [0.29, 0.717) is 11.1 Å². The van der Waals surface area contributed by atoms with Crippen molar-refractivity contribution in [2.75, 3.05) is 27.3 Å². The van der Waals surface area contributed by atoms with Crippen LogP contribution in [-0.4, -0.2) is 81.8 Å². The molecule has 0 aliphatic heterocycles. The lowest BCUT2D eigenvalue weighted by atomic mass is 9.92. The minimum absolute atomic E-state index is 0.0233. The van der Waals surface area contributed by atoms with Crippen molar-refractivity contribution in [2.45, 2.75) is 65.2 Å². The van der Waals surface area contributed by atoms with E-state index in [1.165, 1.54) is 14.2 Å². The molecule has 0 fully saturated rings. The normalized spacial score (nSPS) is 11.9. The molecule has 294 valence electrons. The van der Waals surface area contributed by atoms with Gasteiger partial charge in [0.15, 0.2) is 0 Å². The van der Waals surface area contributed by atoms with Crippen molar-refractivity contribution in [1.82, 2.24) is 20.6 Å². The second-order valence-electron chi connectivity index (χ2n) is 12.8. The molecule has 0 bridgehead atoms. The van der Waals surface area contributed by atoms with Gasteiger partial charge in [-0.3, -0.25) is 9.59 Å². The van der Waals surface area contributed by atoms with Crippen molar-refractivity contribution in [3.63, 3.8) is 0 Å². The van der Waals surface area contributed by atoms with Crippen LogP contribution in [0, 0.1) is 36.5 Å². The van der Waals surface area contributed by atoms with Crippen LogP contribution in [0.3, 0.4) is 0 Å². The first kappa shape index (κ1) is 42.4. The van der Waals surface area contributed by atoms with E-state index in [0.717, 1.165) is 33.4 Å². The molecule has 4 rings (SSSR count). The standard InChI is InChI=1S/C40H44N6O10/c1-23-25(21-55-39-27(15-41)11-29(37(45-39)53-3)17-43-19-31(47)13-35(49)50)7-5-9-33(23)34-10-6-8-26(24(34)2)22-56-40-28(16-42)12-30(38(46-40)54-4)18-44-20-32(48)14-36(51)52/h5-12,31-32,43-44,47-48H,13-14,17-22H2,1-4H3,(H,49,50)(H,51,52). The van der Waals surface area contributed by atoms with Crippen LogP contribution < -0.4 is 29.6 Å². The Morgan fingerprint density at radius 3 is 1.41 bits per heavy atom. The maximum absolute atomic E-state index is 10.8. The number of aliphatic hydroxyl groups excluding tert-OH is 2. The first-order chi connectivity index (χ1) is 26.9. The van der Waals surface area contributed by atoms with Crippen LogP contribution in [0.4, 0.5) is 0 Å². The van der Waals surface area contributed by atoms with Crippen LogP contribution in [-0.2, 0) is 35.9 Å². The highest BCUT2D eigenvalue weighted by atomic mass is 16.5. The molecule has 2 aromatic carbocycles. The molecule has 6 N–H and O–H groups in total. The number of carboxylic acid groups (broad SMARTS) is 2. The van der Waals surface area contributed by atoms with Crippen molar-refractivity contribution in [3.05, 3.63) is 93.0 Å². The summed E-state index contributed by atoms with van der Waals surface area (Å²) in [5.41, 5.74) is 6.92. The fourth-order valence-electron chi connectivity index (χ4n) is 5.88. The Kier molecular flexibility index (Phi) is 15.5. The monoisotopic (exact) mass is 768 g/mol. The Bertz CT molecular complexity index is 1960. The zero-order valence-corrected chi connectivity index (χ0v) is 31.5. The third-order valence-corrected chi connectivity index (χ3v) is 8.80. The Labute approximate surface area is 323 Å². The van der Waals surface area contributed by atoms with Crippen LogP contribution >= 0.6 is 0 Å². The molecule has 56 heavy (non-hydrogen) atoms. The van der Waals surface area contributed by atoms with E-state index in [2.05, 4.69) is 32.7 Å².